The Morgan fingerprint density at radius 3 is 1.26 bits per heavy atom. The van der Waals surface area contributed by atoms with Crippen LogP contribution in [-0.2, 0) is 52.0 Å². The molecule has 0 amide bonds. The molecule has 0 saturated carbocycles. The molecule has 0 aliphatic rings. The van der Waals surface area contributed by atoms with Crippen LogP contribution < -0.4 is 0 Å². The smallest absolute Gasteiger partial charge is 0.133 e. The lowest BCUT2D eigenvalue weighted by Gasteiger charge is -2.21. The molecule has 0 saturated heterocycles. The van der Waals surface area contributed by atoms with Crippen LogP contribution in [0.1, 0.15) is 243 Å². The van der Waals surface area contributed by atoms with Gasteiger partial charge in [-0.1, -0.05) is 159 Å². The molecule has 7 heterocycles. The van der Waals surface area contributed by atoms with Crippen molar-refractivity contribution in [2.75, 3.05) is 0 Å². The maximum absolute atomic E-state index is 4.60. The number of hydrogen-bond donors (Lipinski definition) is 0. The molecule has 0 fully saturated rings. The van der Waals surface area contributed by atoms with Crippen LogP contribution in [-0.4, -0.2) is 54.4 Å². The maximum Gasteiger partial charge on any atom is 0.133 e. The van der Waals surface area contributed by atoms with Crippen LogP contribution in [0, 0.1) is 62.3 Å². The Labute approximate surface area is 489 Å². The first kappa shape index (κ1) is 74.0. The van der Waals surface area contributed by atoms with Gasteiger partial charge in [-0.15, -0.1) is 0 Å². The Balaban J connectivity index is 0.000000910. The summed E-state index contributed by atoms with van der Waals surface area (Å²) in [5.41, 5.74) is 19.2. The molecule has 444 valence electrons. The monoisotopic (exact) mass is 1100 g/mol. The third kappa shape index (κ3) is 26.5. The van der Waals surface area contributed by atoms with E-state index in [1.165, 1.54) is 44.8 Å². The van der Waals surface area contributed by atoms with Crippen LogP contribution in [0.5, 0.6) is 0 Å². The summed E-state index contributed by atoms with van der Waals surface area (Å²) >= 11 is 0. The molecular weight excluding hydrogens is 983 g/mol. The van der Waals surface area contributed by atoms with E-state index in [9.17, 15) is 0 Å². The van der Waals surface area contributed by atoms with Crippen molar-refractivity contribution >= 4 is 0 Å². The Kier molecular flexibility index (Phi) is 27.9. The van der Waals surface area contributed by atoms with E-state index in [1.54, 1.807) is 6.20 Å². The van der Waals surface area contributed by atoms with Crippen molar-refractivity contribution in [3.8, 4) is 0 Å². The van der Waals surface area contributed by atoms with Crippen LogP contribution >= 0.6 is 0 Å². The molecule has 0 radical (unpaired) electrons. The summed E-state index contributed by atoms with van der Waals surface area (Å²) in [7, 11) is 3.92. The Morgan fingerprint density at radius 2 is 0.938 bits per heavy atom. The van der Waals surface area contributed by atoms with E-state index >= 15 is 0 Å². The van der Waals surface area contributed by atoms with E-state index in [-0.39, 0.29) is 45.3 Å². The van der Waals surface area contributed by atoms with Gasteiger partial charge in [-0.05, 0) is 142 Å². The van der Waals surface area contributed by atoms with Crippen molar-refractivity contribution in [2.45, 2.75) is 253 Å². The largest absolute Gasteiger partial charge is 0.276 e. The second-order valence-corrected chi connectivity index (χ2v) is 28.4. The van der Waals surface area contributed by atoms with Gasteiger partial charge in [0.25, 0.3) is 0 Å². The fraction of sp³-hybridized carbons (Fsp3) is 0.580. The molecular formula is C69H113N11. The molecule has 11 nitrogen and oxygen atoms in total. The number of rotatable bonds is 0. The number of pyridine rings is 3. The van der Waals surface area contributed by atoms with Gasteiger partial charge in [0.2, 0.25) is 0 Å². The highest BCUT2D eigenvalue weighted by atomic mass is 15.3. The summed E-state index contributed by atoms with van der Waals surface area (Å²) in [6.45, 7) is 64.3. The van der Waals surface area contributed by atoms with Gasteiger partial charge < -0.3 is 0 Å². The third-order valence-corrected chi connectivity index (χ3v) is 13.0. The first-order valence-corrected chi connectivity index (χ1v) is 28.1. The zero-order chi connectivity index (χ0) is 61.4. The van der Waals surface area contributed by atoms with Crippen LogP contribution in [0.4, 0.5) is 0 Å². The van der Waals surface area contributed by atoms with Gasteiger partial charge in [0.1, 0.15) is 5.82 Å². The minimum atomic E-state index is 0. The molecule has 7 aromatic rings. The molecule has 0 unspecified atom stereocenters. The number of aromatic nitrogens is 11. The maximum atomic E-state index is 4.60. The van der Waals surface area contributed by atoms with E-state index < -0.39 is 0 Å². The van der Waals surface area contributed by atoms with Gasteiger partial charge in [-0.3, -0.25) is 34.3 Å². The minimum absolute atomic E-state index is 0. The Morgan fingerprint density at radius 1 is 0.412 bits per heavy atom. The van der Waals surface area contributed by atoms with Gasteiger partial charge in [0.05, 0.1) is 23.3 Å². The molecule has 80 heavy (non-hydrogen) atoms. The normalized spacial score (nSPS) is 11.7. The first-order chi connectivity index (χ1) is 35.7. The van der Waals surface area contributed by atoms with Crippen molar-refractivity contribution < 1.29 is 0 Å². The van der Waals surface area contributed by atoms with E-state index in [0.29, 0.717) is 0 Å². The second-order valence-electron chi connectivity index (χ2n) is 28.4. The standard InChI is InChI=1S/C12H19N.C11H17N.C10H16N2.C9H16N2.C9H14N2.C9H13N.C8H14N2.CH4/c1-8-7-11(12(4,5)6)13-10(3)9(8)2;1-8-6-10(11(3,4)5)9(2)12-7-8;1-7-6-11-9(10(3,4)5)12-8(7)2;1-7-6-8(9(2,3)4)10-11(7)5;1-7-5-11-8(6-10-7)9(2,3)4;1-9(2,3)8-4-6-10-7-5-8;1-8(2,3)7-5-9-10(4)6-7;/h7H,1-6H3;6-7H,1-5H3;6H,1-5H3;6H,1-5H3;5-6H,1-4H3;4-7H,1-3H3;5-6H,1-4H3;1H4. The molecule has 0 aliphatic carbocycles. The fourth-order valence-electron chi connectivity index (χ4n) is 6.93. The summed E-state index contributed by atoms with van der Waals surface area (Å²) < 4.78 is 3.75. The topological polar surface area (TPSA) is 126 Å². The van der Waals surface area contributed by atoms with Crippen molar-refractivity contribution in [1.29, 1.82) is 0 Å². The highest BCUT2D eigenvalue weighted by Gasteiger charge is 2.21. The summed E-state index contributed by atoms with van der Waals surface area (Å²) in [5, 5.41) is 8.50. The van der Waals surface area contributed by atoms with E-state index in [1.807, 2.05) is 81.4 Å². The summed E-state index contributed by atoms with van der Waals surface area (Å²) in [4.78, 5) is 30.1. The first-order valence-electron chi connectivity index (χ1n) is 28.1. The zero-order valence-corrected chi connectivity index (χ0v) is 55.9. The summed E-state index contributed by atoms with van der Waals surface area (Å²) in [6, 6.07) is 10.7. The van der Waals surface area contributed by atoms with E-state index in [4.69, 9.17) is 0 Å². The van der Waals surface area contributed by atoms with Crippen LogP contribution in [0.3, 0.4) is 0 Å². The molecule has 11 heteroatoms. The van der Waals surface area contributed by atoms with Gasteiger partial charge in [0.15, 0.2) is 0 Å². The molecule has 0 aliphatic heterocycles. The average Bonchev–Trinajstić information content (AvgIpc) is 3.91. The molecule has 7 aromatic heterocycles. The number of aryl methyl sites for hydroxylation is 10. The lowest BCUT2D eigenvalue weighted by molar-refractivity contribution is 0.542. The van der Waals surface area contributed by atoms with Crippen molar-refractivity contribution in [3.63, 3.8) is 0 Å². The Hall–Kier alpha value is -5.97. The molecule has 0 aromatic carbocycles. The highest BCUT2D eigenvalue weighted by Crippen LogP contribution is 2.27. The SMILES string of the molecule is C.CC(C)(C)c1ccncc1.Cc1cc(C(C)(C)C)nc(C)c1C.Cc1cc(C(C)(C)C)nn1C.Cc1cnc(C(C)(C)C)cn1.Cc1cnc(C(C)(C)C)nc1C.Cc1cnc(C)c(C(C)(C)C)c1.Cn1cc(C(C)(C)C)cn1. The second kappa shape index (κ2) is 30.2. The lowest BCUT2D eigenvalue weighted by atomic mass is 9.85. The molecule has 0 spiro atoms. The number of nitrogens with zero attached hydrogens (tertiary/aromatic N) is 11. The van der Waals surface area contributed by atoms with Crippen LogP contribution in [0.2, 0.25) is 0 Å². The van der Waals surface area contributed by atoms with Gasteiger partial charge in [-0.25, -0.2) is 9.97 Å². The van der Waals surface area contributed by atoms with E-state index in [0.717, 1.165) is 45.6 Å². The van der Waals surface area contributed by atoms with Crippen LogP contribution in [0.25, 0.3) is 0 Å². The highest BCUT2D eigenvalue weighted by molar-refractivity contribution is 5.32. The quantitative estimate of drug-likeness (QED) is 0.146. The van der Waals surface area contributed by atoms with Gasteiger partial charge in [-0.2, -0.15) is 10.2 Å². The predicted octanol–water partition coefficient (Wildman–Crippen LogP) is 17.5. The lowest BCUT2D eigenvalue weighted by Crippen LogP contribution is -2.16. The zero-order valence-electron chi connectivity index (χ0n) is 55.9. The predicted molar refractivity (Wildman–Crippen MR) is 343 cm³/mol. The molecule has 0 atom stereocenters. The Bertz CT molecular complexity index is 2870. The van der Waals surface area contributed by atoms with Crippen molar-refractivity contribution in [2.24, 2.45) is 14.1 Å². The number of hydrogen-bond acceptors (Lipinski definition) is 9. The third-order valence-electron chi connectivity index (χ3n) is 13.0. The molecule has 0 N–H and O–H groups in total. The van der Waals surface area contributed by atoms with E-state index in [2.05, 4.69) is 269 Å². The summed E-state index contributed by atoms with van der Waals surface area (Å²) in [6.07, 6.45) is 15.1. The molecule has 7 rings (SSSR count). The van der Waals surface area contributed by atoms with Gasteiger partial charge >= 0.3 is 0 Å². The van der Waals surface area contributed by atoms with Crippen molar-refractivity contribution in [1.82, 2.24) is 54.4 Å². The summed E-state index contributed by atoms with van der Waals surface area (Å²) in [5.74, 6) is 0.922. The average molecular weight is 1100 g/mol. The minimum Gasteiger partial charge on any atom is -0.276 e. The fourth-order valence-corrected chi connectivity index (χ4v) is 6.93. The van der Waals surface area contributed by atoms with Crippen LogP contribution in [0.15, 0.2) is 79.9 Å². The van der Waals surface area contributed by atoms with Gasteiger partial charge in [0, 0.05) is 108 Å². The van der Waals surface area contributed by atoms with Crippen molar-refractivity contribution in [3.05, 3.63) is 170 Å². The molecule has 0 bridgehead atoms.